The minimum absolute atomic E-state index is 0. The highest BCUT2D eigenvalue weighted by atomic mass is 127. The van der Waals surface area contributed by atoms with Crippen molar-refractivity contribution in [1.29, 1.82) is 0 Å². The van der Waals surface area contributed by atoms with Gasteiger partial charge in [-0.2, -0.15) is 0 Å². The maximum atomic E-state index is 10.9. The second-order valence-electron chi connectivity index (χ2n) is 2.38. The van der Waals surface area contributed by atoms with E-state index in [0.717, 1.165) is 12.8 Å². The third-order valence-electron chi connectivity index (χ3n) is 1.10. The van der Waals surface area contributed by atoms with Crippen LogP contribution in [0.15, 0.2) is 12.2 Å². The Kier molecular flexibility index (Phi) is 9.14. The molecule has 0 radical (unpaired) electrons. The van der Waals surface area contributed by atoms with Crippen molar-refractivity contribution in [1.82, 2.24) is 0 Å². The number of esters is 1. The Bertz CT molecular complexity index is 155. The molecule has 0 spiro atoms. The van der Waals surface area contributed by atoms with Crippen molar-refractivity contribution in [3.63, 3.8) is 0 Å². The predicted octanol–water partition coefficient (Wildman–Crippen LogP) is 3.30. The van der Waals surface area contributed by atoms with Gasteiger partial charge >= 0.3 is 5.97 Å². The standard InChI is InChI=1S/C8H13IO2.CH4/c1-4-5-7(9)11-8(10)6(2)3;/h7H,2,4-5H2,1,3H3;1H4. The van der Waals surface area contributed by atoms with Crippen molar-refractivity contribution >= 4 is 28.6 Å². The zero-order valence-electron chi connectivity index (χ0n) is 6.89. The number of carbonyl (C=O) groups excluding carboxylic acids is 1. The second kappa shape index (κ2) is 7.58. The molecule has 0 aliphatic heterocycles. The molecule has 0 aliphatic rings. The lowest BCUT2D eigenvalue weighted by molar-refractivity contribution is -0.139. The van der Waals surface area contributed by atoms with Crippen LogP contribution in [0.25, 0.3) is 0 Å². The lowest BCUT2D eigenvalue weighted by atomic mass is 10.3. The normalized spacial score (nSPS) is 11.2. The number of rotatable bonds is 4. The maximum Gasteiger partial charge on any atom is 0.334 e. The molecule has 0 N–H and O–H groups in total. The number of alkyl halides is 1. The van der Waals surface area contributed by atoms with Crippen molar-refractivity contribution in [2.75, 3.05) is 0 Å². The Balaban J connectivity index is 0. The van der Waals surface area contributed by atoms with E-state index in [1.54, 1.807) is 6.92 Å². The Hall–Kier alpha value is -0.0600. The number of hydrogen-bond acceptors (Lipinski definition) is 2. The minimum Gasteiger partial charge on any atom is -0.448 e. The first-order chi connectivity index (χ1) is 5.07. The van der Waals surface area contributed by atoms with Gasteiger partial charge in [-0.25, -0.2) is 4.79 Å². The minimum atomic E-state index is -0.294. The number of ether oxygens (including phenoxy) is 1. The van der Waals surface area contributed by atoms with Crippen LogP contribution in [-0.2, 0) is 9.53 Å². The highest BCUT2D eigenvalue weighted by molar-refractivity contribution is 14.1. The van der Waals surface area contributed by atoms with Gasteiger partial charge in [0.25, 0.3) is 0 Å². The van der Waals surface area contributed by atoms with Crippen molar-refractivity contribution in [2.24, 2.45) is 0 Å². The highest BCUT2D eigenvalue weighted by Gasteiger charge is 2.09. The lowest BCUT2D eigenvalue weighted by Gasteiger charge is -2.09. The fraction of sp³-hybridized carbons (Fsp3) is 0.667. The maximum absolute atomic E-state index is 10.9. The summed E-state index contributed by atoms with van der Waals surface area (Å²) in [7, 11) is 0. The molecule has 0 aromatic heterocycles. The number of hydrogen-bond donors (Lipinski definition) is 0. The molecule has 0 aromatic rings. The van der Waals surface area contributed by atoms with E-state index in [1.165, 1.54) is 0 Å². The van der Waals surface area contributed by atoms with Crippen LogP contribution in [0.4, 0.5) is 0 Å². The summed E-state index contributed by atoms with van der Waals surface area (Å²) in [6.07, 6.45) is 1.93. The van der Waals surface area contributed by atoms with Gasteiger partial charge in [0.1, 0.15) is 0 Å². The van der Waals surface area contributed by atoms with Gasteiger partial charge in [0.05, 0.1) is 0 Å². The van der Waals surface area contributed by atoms with Gasteiger partial charge in [0, 0.05) is 5.57 Å². The van der Waals surface area contributed by atoms with Crippen LogP contribution in [0.2, 0.25) is 0 Å². The molecule has 1 atom stereocenters. The molecule has 2 nitrogen and oxygen atoms in total. The van der Waals surface area contributed by atoms with Crippen LogP contribution in [-0.4, -0.2) is 10.1 Å². The lowest BCUT2D eigenvalue weighted by Crippen LogP contribution is -2.11. The number of halogens is 1. The molecular formula is C9H17IO2. The van der Waals surface area contributed by atoms with E-state index >= 15 is 0 Å². The SMILES string of the molecule is C.C=C(C)C(=O)OC(I)CCC. The van der Waals surface area contributed by atoms with E-state index in [-0.39, 0.29) is 17.5 Å². The van der Waals surface area contributed by atoms with Gasteiger partial charge in [-0.3, -0.25) is 0 Å². The van der Waals surface area contributed by atoms with E-state index in [2.05, 4.69) is 36.1 Å². The van der Waals surface area contributed by atoms with Crippen LogP contribution in [0.5, 0.6) is 0 Å². The molecule has 12 heavy (non-hydrogen) atoms. The molecule has 0 bridgehead atoms. The first-order valence-electron chi connectivity index (χ1n) is 3.58. The summed E-state index contributed by atoms with van der Waals surface area (Å²) in [5.74, 6) is -0.294. The van der Waals surface area contributed by atoms with Crippen LogP contribution in [0.1, 0.15) is 34.1 Å². The molecule has 72 valence electrons. The molecular weight excluding hydrogens is 267 g/mol. The monoisotopic (exact) mass is 284 g/mol. The Morgan fingerprint density at radius 2 is 2.17 bits per heavy atom. The number of carbonyl (C=O) groups is 1. The topological polar surface area (TPSA) is 26.3 Å². The molecule has 0 aliphatic carbocycles. The van der Waals surface area contributed by atoms with E-state index in [9.17, 15) is 4.79 Å². The Morgan fingerprint density at radius 3 is 2.50 bits per heavy atom. The zero-order chi connectivity index (χ0) is 8.85. The average Bonchev–Trinajstić information content (AvgIpc) is 1.87. The summed E-state index contributed by atoms with van der Waals surface area (Å²) < 4.78 is 4.99. The molecule has 0 heterocycles. The zero-order valence-corrected chi connectivity index (χ0v) is 9.05. The predicted molar refractivity (Wildman–Crippen MR) is 60.4 cm³/mol. The third-order valence-corrected chi connectivity index (χ3v) is 1.98. The molecule has 0 saturated heterocycles. The molecule has 3 heteroatoms. The van der Waals surface area contributed by atoms with Gasteiger partial charge in [-0.05, 0) is 35.9 Å². The largest absolute Gasteiger partial charge is 0.448 e. The Labute approximate surface area is 88.5 Å². The average molecular weight is 284 g/mol. The second-order valence-corrected chi connectivity index (χ2v) is 3.77. The van der Waals surface area contributed by atoms with Gasteiger partial charge in [-0.1, -0.05) is 27.4 Å². The third kappa shape index (κ3) is 6.64. The molecule has 0 fully saturated rings. The van der Waals surface area contributed by atoms with Crippen LogP contribution in [0, 0.1) is 0 Å². The fourth-order valence-electron chi connectivity index (χ4n) is 0.503. The van der Waals surface area contributed by atoms with Crippen LogP contribution in [0.3, 0.4) is 0 Å². The first kappa shape index (κ1) is 14.5. The van der Waals surface area contributed by atoms with Gasteiger partial charge in [0.2, 0.25) is 0 Å². The van der Waals surface area contributed by atoms with Crippen LogP contribution >= 0.6 is 22.6 Å². The van der Waals surface area contributed by atoms with Crippen molar-refractivity contribution in [2.45, 2.75) is 38.2 Å². The van der Waals surface area contributed by atoms with E-state index in [4.69, 9.17) is 4.74 Å². The van der Waals surface area contributed by atoms with Gasteiger partial charge < -0.3 is 4.74 Å². The molecule has 1 unspecified atom stereocenters. The van der Waals surface area contributed by atoms with E-state index < -0.39 is 0 Å². The Morgan fingerprint density at radius 1 is 1.67 bits per heavy atom. The van der Waals surface area contributed by atoms with E-state index in [0.29, 0.717) is 5.57 Å². The van der Waals surface area contributed by atoms with E-state index in [1.807, 2.05) is 0 Å². The van der Waals surface area contributed by atoms with Crippen LogP contribution < -0.4 is 0 Å². The summed E-state index contributed by atoms with van der Waals surface area (Å²) >= 11 is 2.11. The van der Waals surface area contributed by atoms with Crippen molar-refractivity contribution in [3.8, 4) is 0 Å². The summed E-state index contributed by atoms with van der Waals surface area (Å²) in [5.41, 5.74) is 0.461. The van der Waals surface area contributed by atoms with Gasteiger partial charge in [-0.15, -0.1) is 0 Å². The van der Waals surface area contributed by atoms with Gasteiger partial charge in [0.15, 0.2) is 4.11 Å². The van der Waals surface area contributed by atoms with Crippen molar-refractivity contribution in [3.05, 3.63) is 12.2 Å². The molecule has 0 rings (SSSR count). The summed E-state index contributed by atoms with van der Waals surface area (Å²) in [6, 6.07) is 0. The smallest absolute Gasteiger partial charge is 0.334 e. The first-order valence-corrected chi connectivity index (χ1v) is 4.83. The quantitative estimate of drug-likeness (QED) is 0.343. The molecule has 0 amide bonds. The molecule has 0 saturated carbocycles. The highest BCUT2D eigenvalue weighted by Crippen LogP contribution is 2.11. The fourth-order valence-corrected chi connectivity index (χ4v) is 1.36. The summed E-state index contributed by atoms with van der Waals surface area (Å²) in [6.45, 7) is 7.20. The summed E-state index contributed by atoms with van der Waals surface area (Å²) in [4.78, 5) is 10.9. The summed E-state index contributed by atoms with van der Waals surface area (Å²) in [5, 5.41) is 0. The molecule has 0 aromatic carbocycles. The van der Waals surface area contributed by atoms with Crippen molar-refractivity contribution < 1.29 is 9.53 Å².